The molecule has 0 atom stereocenters. The molecular formula is C23H14ClN3O5S. The molecule has 0 unspecified atom stereocenters. The zero-order valence-corrected chi connectivity index (χ0v) is 18.3. The summed E-state index contributed by atoms with van der Waals surface area (Å²) < 4.78 is 5.28. The van der Waals surface area contributed by atoms with Crippen molar-refractivity contribution in [3.8, 4) is 5.75 Å². The molecular weight excluding hydrogens is 466 g/mol. The maximum Gasteiger partial charge on any atom is 0.343 e. The minimum Gasteiger partial charge on any atom is -0.423 e. The van der Waals surface area contributed by atoms with E-state index < -0.39 is 10.9 Å². The van der Waals surface area contributed by atoms with Crippen LogP contribution in [-0.2, 0) is 4.79 Å². The zero-order valence-electron chi connectivity index (χ0n) is 16.7. The molecule has 0 saturated carbocycles. The monoisotopic (exact) mass is 479 g/mol. The molecule has 3 aromatic carbocycles. The highest BCUT2D eigenvalue weighted by atomic mass is 35.5. The second-order valence-corrected chi connectivity index (χ2v) is 8.19. The smallest absolute Gasteiger partial charge is 0.343 e. The van der Waals surface area contributed by atoms with Crippen molar-refractivity contribution in [2.45, 2.75) is 0 Å². The highest BCUT2D eigenvalue weighted by Crippen LogP contribution is 2.29. The number of carbonyl (C=O) groups excluding carboxylic acids is 2. The molecule has 1 fully saturated rings. The van der Waals surface area contributed by atoms with Gasteiger partial charge in [0.05, 0.1) is 21.1 Å². The van der Waals surface area contributed by atoms with E-state index in [1.54, 1.807) is 54.6 Å². The molecule has 3 aromatic rings. The number of thioether (sulfide) groups is 1. The minimum absolute atomic E-state index is 0.0712. The number of amidine groups is 1. The Balaban J connectivity index is 1.43. The summed E-state index contributed by atoms with van der Waals surface area (Å²) in [4.78, 5) is 39.7. The first kappa shape index (κ1) is 22.3. The van der Waals surface area contributed by atoms with Crippen LogP contribution in [0.1, 0.15) is 15.9 Å². The number of nitrogens with one attached hydrogen (secondary N) is 1. The molecule has 10 heteroatoms. The van der Waals surface area contributed by atoms with Gasteiger partial charge in [-0.3, -0.25) is 14.9 Å². The zero-order chi connectivity index (χ0) is 23.4. The van der Waals surface area contributed by atoms with Crippen molar-refractivity contribution >= 4 is 57.9 Å². The van der Waals surface area contributed by atoms with E-state index in [1.165, 1.54) is 30.0 Å². The van der Waals surface area contributed by atoms with Gasteiger partial charge in [-0.15, -0.1) is 0 Å². The van der Waals surface area contributed by atoms with E-state index in [-0.39, 0.29) is 22.9 Å². The number of benzene rings is 3. The fourth-order valence-electron chi connectivity index (χ4n) is 2.81. The first-order chi connectivity index (χ1) is 15.9. The maximum atomic E-state index is 12.3. The molecule has 1 heterocycles. The molecule has 0 spiro atoms. The summed E-state index contributed by atoms with van der Waals surface area (Å²) in [5.74, 6) is -0.713. The Morgan fingerprint density at radius 3 is 2.52 bits per heavy atom. The van der Waals surface area contributed by atoms with Gasteiger partial charge >= 0.3 is 5.97 Å². The number of rotatable bonds is 5. The molecule has 0 aliphatic carbocycles. The van der Waals surface area contributed by atoms with Crippen molar-refractivity contribution in [1.29, 1.82) is 0 Å². The minimum atomic E-state index is -0.710. The van der Waals surface area contributed by atoms with Gasteiger partial charge in [-0.1, -0.05) is 29.8 Å². The average Bonchev–Trinajstić information content (AvgIpc) is 3.15. The number of carbonyl (C=O) groups is 2. The van der Waals surface area contributed by atoms with E-state index in [4.69, 9.17) is 16.3 Å². The predicted molar refractivity (Wildman–Crippen MR) is 127 cm³/mol. The number of aliphatic imine (C=N–C) groups is 1. The highest BCUT2D eigenvalue weighted by molar-refractivity contribution is 8.18. The lowest BCUT2D eigenvalue weighted by atomic mass is 10.2. The third-order valence-electron chi connectivity index (χ3n) is 4.39. The number of nitro benzene ring substituents is 1. The van der Waals surface area contributed by atoms with Crippen LogP contribution in [0.5, 0.6) is 5.75 Å². The SMILES string of the molecule is O=C1NC(=Nc2ccc(Cl)cc2)S/C1=C\c1ccc(OC(=O)c2cccc([N+](=O)[O-])c2)cc1. The molecule has 33 heavy (non-hydrogen) atoms. The molecule has 0 radical (unpaired) electrons. The van der Waals surface area contributed by atoms with E-state index in [9.17, 15) is 19.7 Å². The topological polar surface area (TPSA) is 111 Å². The quantitative estimate of drug-likeness (QED) is 0.173. The molecule has 4 rings (SSSR count). The predicted octanol–water partition coefficient (Wildman–Crippen LogP) is 5.36. The summed E-state index contributed by atoms with van der Waals surface area (Å²) >= 11 is 7.07. The number of nitrogens with zero attached hydrogens (tertiary/aromatic N) is 2. The van der Waals surface area contributed by atoms with Crippen LogP contribution in [0.3, 0.4) is 0 Å². The molecule has 164 valence electrons. The fourth-order valence-corrected chi connectivity index (χ4v) is 3.78. The molecule has 1 N–H and O–H groups in total. The number of amides is 1. The van der Waals surface area contributed by atoms with Crippen LogP contribution >= 0.6 is 23.4 Å². The van der Waals surface area contributed by atoms with Crippen LogP contribution < -0.4 is 10.1 Å². The van der Waals surface area contributed by atoms with E-state index in [1.807, 2.05) is 0 Å². The summed E-state index contributed by atoms with van der Waals surface area (Å²) in [6, 6.07) is 18.7. The lowest BCUT2D eigenvalue weighted by molar-refractivity contribution is -0.384. The first-order valence-electron chi connectivity index (χ1n) is 9.49. The van der Waals surface area contributed by atoms with Gasteiger partial charge in [0.25, 0.3) is 11.6 Å². The Bertz CT molecular complexity index is 1300. The summed E-state index contributed by atoms with van der Waals surface area (Å²) in [5, 5.41) is 14.6. The molecule has 1 aliphatic heterocycles. The Kier molecular flexibility index (Phi) is 6.53. The summed E-state index contributed by atoms with van der Waals surface area (Å²) in [5.41, 5.74) is 1.26. The molecule has 0 bridgehead atoms. The molecule has 1 saturated heterocycles. The molecule has 1 amide bonds. The van der Waals surface area contributed by atoms with E-state index >= 15 is 0 Å². The number of halogens is 1. The summed E-state index contributed by atoms with van der Waals surface area (Å²) in [7, 11) is 0. The first-order valence-corrected chi connectivity index (χ1v) is 10.7. The number of nitro groups is 1. The maximum absolute atomic E-state index is 12.3. The van der Waals surface area contributed by atoms with Crippen molar-refractivity contribution in [1.82, 2.24) is 5.32 Å². The van der Waals surface area contributed by atoms with Gasteiger partial charge in [-0.05, 0) is 65.9 Å². The number of hydrogen-bond acceptors (Lipinski definition) is 7. The number of ether oxygens (including phenoxy) is 1. The van der Waals surface area contributed by atoms with E-state index in [0.29, 0.717) is 20.8 Å². The van der Waals surface area contributed by atoms with Crippen LogP contribution in [0.25, 0.3) is 6.08 Å². The van der Waals surface area contributed by atoms with Gasteiger partial charge in [0.2, 0.25) is 0 Å². The van der Waals surface area contributed by atoms with Crippen molar-refractivity contribution in [3.63, 3.8) is 0 Å². The van der Waals surface area contributed by atoms with Crippen molar-refractivity contribution < 1.29 is 19.2 Å². The fraction of sp³-hybridized carbons (Fsp3) is 0. The number of hydrogen-bond donors (Lipinski definition) is 1. The Labute approximate surface area is 197 Å². The van der Waals surface area contributed by atoms with Crippen LogP contribution in [-0.4, -0.2) is 22.0 Å². The number of esters is 1. The summed E-state index contributed by atoms with van der Waals surface area (Å²) in [6.45, 7) is 0. The summed E-state index contributed by atoms with van der Waals surface area (Å²) in [6.07, 6.45) is 1.69. The largest absolute Gasteiger partial charge is 0.423 e. The van der Waals surface area contributed by atoms with Crippen LogP contribution in [0.4, 0.5) is 11.4 Å². The second kappa shape index (κ2) is 9.68. The number of non-ortho nitro benzene ring substituents is 1. The Morgan fingerprint density at radius 1 is 1.09 bits per heavy atom. The third-order valence-corrected chi connectivity index (χ3v) is 5.55. The van der Waals surface area contributed by atoms with Gasteiger partial charge < -0.3 is 10.1 Å². The normalized spacial score (nSPS) is 15.5. The lowest BCUT2D eigenvalue weighted by Gasteiger charge is -2.05. The Hall–Kier alpha value is -3.95. The van der Waals surface area contributed by atoms with Crippen molar-refractivity contribution in [3.05, 3.63) is 104 Å². The van der Waals surface area contributed by atoms with Crippen LogP contribution in [0, 0.1) is 10.1 Å². The third kappa shape index (κ3) is 5.65. The second-order valence-electron chi connectivity index (χ2n) is 6.72. The van der Waals surface area contributed by atoms with Crippen molar-refractivity contribution in [2.24, 2.45) is 4.99 Å². The highest BCUT2D eigenvalue weighted by Gasteiger charge is 2.23. The van der Waals surface area contributed by atoms with Gasteiger partial charge in [0.15, 0.2) is 5.17 Å². The standard InChI is InChI=1S/C23H14ClN3O5S/c24-16-6-8-17(9-7-16)25-23-26-21(28)20(33-23)12-14-4-10-19(11-5-14)32-22(29)15-2-1-3-18(13-15)27(30)31/h1-13H,(H,25,26,28)/b20-12-. The molecule has 8 nitrogen and oxygen atoms in total. The van der Waals surface area contributed by atoms with E-state index in [2.05, 4.69) is 10.3 Å². The average molecular weight is 480 g/mol. The van der Waals surface area contributed by atoms with Crippen LogP contribution in [0.15, 0.2) is 82.7 Å². The van der Waals surface area contributed by atoms with Gasteiger partial charge in [-0.25, -0.2) is 9.79 Å². The van der Waals surface area contributed by atoms with Crippen molar-refractivity contribution in [2.75, 3.05) is 0 Å². The molecule has 1 aliphatic rings. The van der Waals surface area contributed by atoms with E-state index in [0.717, 1.165) is 11.6 Å². The van der Waals surface area contributed by atoms with Gasteiger partial charge in [0, 0.05) is 17.2 Å². The van der Waals surface area contributed by atoms with Gasteiger partial charge in [-0.2, -0.15) is 0 Å². The Morgan fingerprint density at radius 2 is 1.82 bits per heavy atom. The molecule has 0 aromatic heterocycles. The van der Waals surface area contributed by atoms with Crippen LogP contribution in [0.2, 0.25) is 5.02 Å². The lowest BCUT2D eigenvalue weighted by Crippen LogP contribution is -2.19. The van der Waals surface area contributed by atoms with Gasteiger partial charge in [0.1, 0.15) is 5.75 Å².